The number of rotatable bonds is 8. The van der Waals surface area contributed by atoms with Crippen molar-refractivity contribution in [3.8, 4) is 0 Å². The van der Waals surface area contributed by atoms with E-state index in [0.29, 0.717) is 0 Å². The lowest BCUT2D eigenvalue weighted by molar-refractivity contribution is 0.509. The molecular weight excluding hydrogens is 294 g/mol. The van der Waals surface area contributed by atoms with Gasteiger partial charge >= 0.3 is 0 Å². The first-order valence-electron chi connectivity index (χ1n) is 10.4. The van der Waals surface area contributed by atoms with Gasteiger partial charge in [-0.25, -0.2) is 0 Å². The Labute approximate surface area is 157 Å². The summed E-state index contributed by atoms with van der Waals surface area (Å²) in [5.41, 5.74) is 13.5. The zero-order valence-corrected chi connectivity index (χ0v) is 19.4. The second kappa shape index (κ2) is 66.0. The molecule has 24 heavy (non-hydrogen) atoms. The van der Waals surface area contributed by atoms with E-state index in [1.54, 1.807) is 0 Å². The third-order valence-corrected chi connectivity index (χ3v) is 3.14. The van der Waals surface area contributed by atoms with Crippen molar-refractivity contribution in [3.05, 3.63) is 0 Å². The average Bonchev–Trinajstić information content (AvgIpc) is 2.66. The van der Waals surface area contributed by atoms with Gasteiger partial charge in [0.15, 0.2) is 0 Å². The Balaban J connectivity index is -0.0000000440. The highest BCUT2D eigenvalue weighted by Crippen LogP contribution is 2.07. The molecular formula is C21H57N3. The first-order valence-corrected chi connectivity index (χ1v) is 10.4. The quantitative estimate of drug-likeness (QED) is 0.446. The largest absolute Gasteiger partial charge is 0.333 e. The van der Waals surface area contributed by atoms with Gasteiger partial charge in [0.2, 0.25) is 0 Å². The van der Waals surface area contributed by atoms with Gasteiger partial charge in [-0.15, -0.1) is 0 Å². The zero-order chi connectivity index (χ0) is 20.6. The summed E-state index contributed by atoms with van der Waals surface area (Å²) in [7, 11) is 4.50. The van der Waals surface area contributed by atoms with Crippen LogP contribution in [0.3, 0.4) is 0 Å². The summed E-state index contributed by atoms with van der Waals surface area (Å²) >= 11 is 0. The van der Waals surface area contributed by atoms with E-state index in [4.69, 9.17) is 0 Å². The molecule has 0 fully saturated rings. The van der Waals surface area contributed by atoms with E-state index in [2.05, 4.69) is 65.7 Å². The Kier molecular flexibility index (Phi) is 108. The van der Waals surface area contributed by atoms with Crippen LogP contribution in [0.5, 0.6) is 0 Å². The van der Waals surface area contributed by atoms with E-state index in [1.807, 2.05) is 0 Å². The van der Waals surface area contributed by atoms with Crippen molar-refractivity contribution >= 4 is 0 Å². The molecule has 156 valence electrons. The van der Waals surface area contributed by atoms with Crippen LogP contribution in [-0.4, -0.2) is 21.1 Å². The lowest BCUT2D eigenvalue weighted by atomic mass is 10.0. The van der Waals surface area contributed by atoms with Crippen LogP contribution in [0.2, 0.25) is 0 Å². The van der Waals surface area contributed by atoms with Crippen LogP contribution in [0, 0.1) is 5.92 Å². The van der Waals surface area contributed by atoms with Crippen LogP contribution in [0.15, 0.2) is 0 Å². The first-order chi connectivity index (χ1) is 11.6. The van der Waals surface area contributed by atoms with Crippen molar-refractivity contribution in [1.29, 1.82) is 0 Å². The van der Waals surface area contributed by atoms with Gasteiger partial charge in [0, 0.05) is 0 Å². The molecule has 0 radical (unpaired) electrons. The molecule has 0 aliphatic carbocycles. The molecule has 0 aromatic rings. The van der Waals surface area contributed by atoms with E-state index in [1.165, 1.54) is 85.4 Å². The Hall–Kier alpha value is -0.120. The highest BCUT2D eigenvalue weighted by atomic mass is 14.4. The molecule has 0 bridgehead atoms. The molecule has 0 rings (SSSR count). The van der Waals surface area contributed by atoms with E-state index in [9.17, 15) is 0 Å². The highest BCUT2D eigenvalue weighted by Gasteiger charge is 1.92. The van der Waals surface area contributed by atoms with Crippen LogP contribution in [0.1, 0.15) is 113 Å². The molecule has 6 N–H and O–H groups in total. The third kappa shape index (κ3) is 97.7. The molecule has 1 atom stereocenters. The van der Waals surface area contributed by atoms with E-state index in [-0.39, 0.29) is 0 Å². The predicted molar refractivity (Wildman–Crippen MR) is 120 cm³/mol. The summed E-state index contributed by atoms with van der Waals surface area (Å²) in [6.07, 6.45) is 13.7. The van der Waals surface area contributed by atoms with Crippen molar-refractivity contribution in [1.82, 2.24) is 0 Å². The van der Waals surface area contributed by atoms with Gasteiger partial charge in [0.25, 0.3) is 0 Å². The van der Waals surface area contributed by atoms with Gasteiger partial charge < -0.3 is 17.2 Å². The van der Waals surface area contributed by atoms with Crippen molar-refractivity contribution in [3.63, 3.8) is 0 Å². The fourth-order valence-corrected chi connectivity index (χ4v) is 1.55. The molecule has 0 heterocycles. The van der Waals surface area contributed by atoms with E-state index < -0.39 is 0 Å². The van der Waals surface area contributed by atoms with Crippen molar-refractivity contribution in [2.24, 2.45) is 23.1 Å². The molecule has 0 saturated carbocycles. The van der Waals surface area contributed by atoms with Gasteiger partial charge in [-0.3, -0.25) is 0 Å². The van der Waals surface area contributed by atoms with Crippen molar-refractivity contribution < 1.29 is 0 Å². The van der Waals surface area contributed by atoms with Crippen LogP contribution >= 0.6 is 0 Å². The van der Waals surface area contributed by atoms with E-state index >= 15 is 0 Å². The molecule has 0 aromatic heterocycles. The fourth-order valence-electron chi connectivity index (χ4n) is 1.55. The third-order valence-electron chi connectivity index (χ3n) is 3.14. The Morgan fingerprint density at radius 3 is 0.875 bits per heavy atom. The molecule has 3 heteroatoms. The van der Waals surface area contributed by atoms with Crippen LogP contribution < -0.4 is 17.2 Å². The maximum absolute atomic E-state index is 4.50. The second-order valence-corrected chi connectivity index (χ2v) is 5.36. The molecule has 0 saturated heterocycles. The SMILES string of the molecule is CCCC(C)CC.CCCCC.CCCCCC.CN.CN.CN. The Morgan fingerprint density at radius 2 is 0.792 bits per heavy atom. The standard InChI is InChI=1S/C7H16.C6H14.C5H12.3CH5N/c1-4-6-7(3)5-2;1-3-5-6-4-2;1-3-5-4-2;3*1-2/h7H,4-6H2,1-3H3;3-6H2,1-2H3;3-5H2,1-2H3;3*2H2,1H3. The topological polar surface area (TPSA) is 78.1 Å². The first kappa shape index (κ1) is 39.1. The minimum absolute atomic E-state index is 0.949. The maximum atomic E-state index is 4.50. The van der Waals surface area contributed by atoms with Gasteiger partial charge in [0.05, 0.1) is 0 Å². The minimum atomic E-state index is 0.949. The van der Waals surface area contributed by atoms with Gasteiger partial charge in [0.1, 0.15) is 0 Å². The Bertz CT molecular complexity index is 103. The van der Waals surface area contributed by atoms with Gasteiger partial charge in [-0.2, -0.15) is 0 Å². The molecule has 0 aromatic carbocycles. The summed E-state index contributed by atoms with van der Waals surface area (Å²) in [5, 5.41) is 0. The molecule has 1 unspecified atom stereocenters. The number of nitrogens with two attached hydrogens (primary N) is 3. The predicted octanol–water partition coefficient (Wildman–Crippen LogP) is 6.34. The number of hydrogen-bond donors (Lipinski definition) is 3. The zero-order valence-electron chi connectivity index (χ0n) is 19.4. The van der Waals surface area contributed by atoms with Crippen LogP contribution in [0.4, 0.5) is 0 Å². The summed E-state index contributed by atoms with van der Waals surface area (Å²) in [5.74, 6) is 0.949. The smallest absolute Gasteiger partial charge is 0.0195 e. The highest BCUT2D eigenvalue weighted by molar-refractivity contribution is 4.45. The van der Waals surface area contributed by atoms with Crippen molar-refractivity contribution in [2.75, 3.05) is 21.1 Å². The van der Waals surface area contributed by atoms with Crippen LogP contribution in [0.25, 0.3) is 0 Å². The van der Waals surface area contributed by atoms with Gasteiger partial charge in [-0.1, -0.05) is 113 Å². The summed E-state index contributed by atoms with van der Waals surface area (Å²) in [6.45, 7) is 15.7. The monoisotopic (exact) mass is 351 g/mol. The molecule has 0 aliphatic heterocycles. The summed E-state index contributed by atoms with van der Waals surface area (Å²) in [6, 6.07) is 0. The molecule has 0 spiro atoms. The fraction of sp³-hybridized carbons (Fsp3) is 1.00. The molecule has 0 aliphatic rings. The second-order valence-electron chi connectivity index (χ2n) is 5.36. The van der Waals surface area contributed by atoms with Crippen molar-refractivity contribution in [2.45, 2.75) is 113 Å². The minimum Gasteiger partial charge on any atom is -0.333 e. The number of unbranched alkanes of at least 4 members (excludes halogenated alkanes) is 5. The van der Waals surface area contributed by atoms with E-state index in [0.717, 1.165) is 5.92 Å². The Morgan fingerprint density at radius 1 is 0.500 bits per heavy atom. The lowest BCUT2D eigenvalue weighted by Crippen LogP contribution is -1.88. The van der Waals surface area contributed by atoms with Gasteiger partial charge in [-0.05, 0) is 27.1 Å². The summed E-state index contributed by atoms with van der Waals surface area (Å²) < 4.78 is 0. The maximum Gasteiger partial charge on any atom is -0.0195 e. The average molecular weight is 352 g/mol. The lowest BCUT2D eigenvalue weighted by Gasteiger charge is -2.02. The summed E-state index contributed by atoms with van der Waals surface area (Å²) in [4.78, 5) is 0. The molecule has 3 nitrogen and oxygen atoms in total. The molecule has 0 amide bonds. The normalized spacial score (nSPS) is 8.88. The number of hydrogen-bond acceptors (Lipinski definition) is 3. The van der Waals surface area contributed by atoms with Crippen LogP contribution in [-0.2, 0) is 0 Å².